The minimum Gasteiger partial charge on any atom is -0.399 e. The standard InChI is InChI=1S/C16H14F3N5O/c1-9-7-24-14(5-13(8-25)23-24)15(22-9)21-6-10-2-11(16(17,18)19)4-12(20)3-10/h2-5,7-8H,6,20H2,1H3,(H,21,22). The van der Waals surface area contributed by atoms with E-state index in [-0.39, 0.29) is 17.9 Å². The summed E-state index contributed by atoms with van der Waals surface area (Å²) < 4.78 is 40.1. The van der Waals surface area contributed by atoms with Crippen molar-refractivity contribution in [3.05, 3.63) is 53.0 Å². The van der Waals surface area contributed by atoms with E-state index in [4.69, 9.17) is 5.73 Å². The molecular weight excluding hydrogens is 335 g/mol. The minimum absolute atomic E-state index is 0.0292. The Hall–Kier alpha value is -3.10. The number of carbonyl (C=O) groups excluding carboxylic acids is 1. The van der Waals surface area contributed by atoms with Gasteiger partial charge in [0.15, 0.2) is 12.1 Å². The van der Waals surface area contributed by atoms with Crippen molar-refractivity contribution < 1.29 is 18.0 Å². The van der Waals surface area contributed by atoms with E-state index in [0.717, 1.165) is 12.1 Å². The smallest absolute Gasteiger partial charge is 0.399 e. The van der Waals surface area contributed by atoms with Crippen LogP contribution in [0, 0.1) is 6.92 Å². The lowest BCUT2D eigenvalue weighted by Crippen LogP contribution is -2.09. The van der Waals surface area contributed by atoms with Gasteiger partial charge in [-0.3, -0.25) is 4.79 Å². The van der Waals surface area contributed by atoms with Crippen LogP contribution in [0.25, 0.3) is 5.52 Å². The van der Waals surface area contributed by atoms with Crippen LogP contribution >= 0.6 is 0 Å². The summed E-state index contributed by atoms with van der Waals surface area (Å²) >= 11 is 0. The van der Waals surface area contributed by atoms with Crippen LogP contribution in [-0.4, -0.2) is 20.9 Å². The number of nitrogen functional groups attached to an aromatic ring is 1. The lowest BCUT2D eigenvalue weighted by atomic mass is 10.1. The number of nitrogens with zero attached hydrogens (tertiary/aromatic N) is 3. The van der Waals surface area contributed by atoms with Crippen molar-refractivity contribution in [2.24, 2.45) is 0 Å². The molecule has 0 saturated heterocycles. The van der Waals surface area contributed by atoms with Crippen molar-refractivity contribution in [3.8, 4) is 0 Å². The van der Waals surface area contributed by atoms with Crippen LogP contribution in [0.4, 0.5) is 24.7 Å². The van der Waals surface area contributed by atoms with Crippen LogP contribution in [0.15, 0.2) is 30.5 Å². The fourth-order valence-electron chi connectivity index (χ4n) is 2.49. The molecule has 6 nitrogen and oxygen atoms in total. The average molecular weight is 349 g/mol. The van der Waals surface area contributed by atoms with Crippen LogP contribution in [-0.2, 0) is 12.7 Å². The highest BCUT2D eigenvalue weighted by Gasteiger charge is 2.31. The molecular formula is C16H14F3N5O. The molecule has 0 aliphatic rings. The highest BCUT2D eigenvalue weighted by atomic mass is 19.4. The Morgan fingerprint density at radius 3 is 2.72 bits per heavy atom. The molecule has 9 heteroatoms. The molecule has 0 atom stereocenters. The Balaban J connectivity index is 1.92. The van der Waals surface area contributed by atoms with Gasteiger partial charge in [0.25, 0.3) is 0 Å². The fourth-order valence-corrected chi connectivity index (χ4v) is 2.49. The summed E-state index contributed by atoms with van der Waals surface area (Å²) in [5.41, 5.74) is 6.57. The Morgan fingerprint density at radius 1 is 1.28 bits per heavy atom. The first-order chi connectivity index (χ1) is 11.8. The molecule has 0 saturated carbocycles. The van der Waals surface area contributed by atoms with E-state index < -0.39 is 11.7 Å². The van der Waals surface area contributed by atoms with E-state index >= 15 is 0 Å². The van der Waals surface area contributed by atoms with Gasteiger partial charge in [-0.15, -0.1) is 0 Å². The van der Waals surface area contributed by atoms with E-state index in [1.165, 1.54) is 10.6 Å². The van der Waals surface area contributed by atoms with Gasteiger partial charge in [0.05, 0.1) is 17.5 Å². The molecule has 1 aromatic carbocycles. The van der Waals surface area contributed by atoms with Crippen molar-refractivity contribution in [3.63, 3.8) is 0 Å². The topological polar surface area (TPSA) is 85.3 Å². The number of halogens is 3. The summed E-state index contributed by atoms with van der Waals surface area (Å²) in [5, 5.41) is 7.05. The first-order valence-electron chi connectivity index (χ1n) is 7.29. The third kappa shape index (κ3) is 3.54. The summed E-state index contributed by atoms with van der Waals surface area (Å²) in [6.07, 6.45) is -2.21. The second-order valence-corrected chi connectivity index (χ2v) is 5.56. The van der Waals surface area contributed by atoms with Crippen LogP contribution in [0.2, 0.25) is 0 Å². The normalized spacial score (nSPS) is 11.7. The van der Waals surface area contributed by atoms with Crippen molar-refractivity contribution in [1.29, 1.82) is 0 Å². The molecule has 2 aromatic heterocycles. The Morgan fingerprint density at radius 2 is 2.04 bits per heavy atom. The maximum absolute atomic E-state index is 12.9. The maximum Gasteiger partial charge on any atom is 0.416 e. The predicted octanol–water partition coefficient (Wildman–Crippen LogP) is 3.06. The summed E-state index contributed by atoms with van der Waals surface area (Å²) in [6.45, 7) is 1.83. The molecule has 3 N–H and O–H groups in total. The number of hydrogen-bond acceptors (Lipinski definition) is 5. The number of hydrogen-bond donors (Lipinski definition) is 2. The molecule has 0 spiro atoms. The van der Waals surface area contributed by atoms with Crippen molar-refractivity contribution in [2.45, 2.75) is 19.6 Å². The fraction of sp³-hybridized carbons (Fsp3) is 0.188. The zero-order chi connectivity index (χ0) is 18.2. The SMILES string of the molecule is Cc1cn2nc(C=O)cc2c(NCc2cc(N)cc(C(F)(F)F)c2)n1. The highest BCUT2D eigenvalue weighted by Crippen LogP contribution is 2.31. The number of aryl methyl sites for hydroxylation is 1. The molecule has 0 amide bonds. The zero-order valence-corrected chi connectivity index (χ0v) is 13.1. The number of alkyl halides is 3. The van der Waals surface area contributed by atoms with Gasteiger partial charge in [-0.2, -0.15) is 18.3 Å². The molecule has 25 heavy (non-hydrogen) atoms. The molecule has 0 radical (unpaired) electrons. The Kier molecular flexibility index (Phi) is 4.07. The number of aldehydes is 1. The number of benzene rings is 1. The molecule has 3 rings (SSSR count). The van der Waals surface area contributed by atoms with Crippen LogP contribution in [0.1, 0.15) is 27.3 Å². The maximum atomic E-state index is 12.9. The van der Waals surface area contributed by atoms with Crippen LogP contribution in [0.3, 0.4) is 0 Å². The molecule has 0 bridgehead atoms. The van der Waals surface area contributed by atoms with E-state index in [2.05, 4.69) is 15.4 Å². The summed E-state index contributed by atoms with van der Waals surface area (Å²) in [4.78, 5) is 15.2. The van der Waals surface area contributed by atoms with E-state index in [9.17, 15) is 18.0 Å². The molecule has 2 heterocycles. The number of fused-ring (bicyclic) bond motifs is 1. The Bertz CT molecular complexity index is 949. The predicted molar refractivity (Wildman–Crippen MR) is 86.3 cm³/mol. The number of aromatic nitrogens is 3. The second kappa shape index (κ2) is 6.08. The molecule has 0 aliphatic heterocycles. The van der Waals surface area contributed by atoms with Gasteiger partial charge in [0, 0.05) is 12.2 Å². The third-order valence-electron chi connectivity index (χ3n) is 3.52. The highest BCUT2D eigenvalue weighted by molar-refractivity contribution is 5.79. The van der Waals surface area contributed by atoms with Gasteiger partial charge in [0.2, 0.25) is 0 Å². The quantitative estimate of drug-likeness (QED) is 0.558. The van der Waals surface area contributed by atoms with Crippen molar-refractivity contribution in [1.82, 2.24) is 14.6 Å². The molecule has 0 fully saturated rings. The van der Waals surface area contributed by atoms with Crippen LogP contribution in [0.5, 0.6) is 0 Å². The molecule has 0 aliphatic carbocycles. The van der Waals surface area contributed by atoms with E-state index in [0.29, 0.717) is 28.9 Å². The molecule has 130 valence electrons. The summed E-state index contributed by atoms with van der Waals surface area (Å²) in [7, 11) is 0. The number of nitrogens with two attached hydrogens (primary N) is 1. The number of anilines is 2. The number of carbonyl (C=O) groups is 1. The molecule has 0 unspecified atom stereocenters. The summed E-state index contributed by atoms with van der Waals surface area (Å²) in [5.74, 6) is 0.414. The van der Waals surface area contributed by atoms with Gasteiger partial charge >= 0.3 is 6.18 Å². The van der Waals surface area contributed by atoms with E-state index in [1.807, 2.05) is 0 Å². The van der Waals surface area contributed by atoms with Crippen LogP contribution < -0.4 is 11.1 Å². The lowest BCUT2D eigenvalue weighted by molar-refractivity contribution is -0.137. The number of rotatable bonds is 4. The monoisotopic (exact) mass is 349 g/mol. The molecule has 3 aromatic rings. The second-order valence-electron chi connectivity index (χ2n) is 5.56. The van der Waals surface area contributed by atoms with Gasteiger partial charge in [-0.25, -0.2) is 9.50 Å². The first kappa shape index (κ1) is 16.7. The third-order valence-corrected chi connectivity index (χ3v) is 3.52. The largest absolute Gasteiger partial charge is 0.416 e. The average Bonchev–Trinajstić information content (AvgIpc) is 2.94. The van der Waals surface area contributed by atoms with Gasteiger partial charge in [-0.1, -0.05) is 0 Å². The van der Waals surface area contributed by atoms with Gasteiger partial charge < -0.3 is 11.1 Å². The van der Waals surface area contributed by atoms with Crippen molar-refractivity contribution in [2.75, 3.05) is 11.1 Å². The summed E-state index contributed by atoms with van der Waals surface area (Å²) in [6, 6.07) is 4.92. The lowest BCUT2D eigenvalue weighted by Gasteiger charge is -2.12. The zero-order valence-electron chi connectivity index (χ0n) is 13.1. The first-order valence-corrected chi connectivity index (χ1v) is 7.29. The van der Waals surface area contributed by atoms with Crippen molar-refractivity contribution >= 4 is 23.3 Å². The van der Waals surface area contributed by atoms with E-state index in [1.54, 1.807) is 19.2 Å². The number of nitrogens with one attached hydrogen (secondary N) is 1. The van der Waals surface area contributed by atoms with Gasteiger partial charge in [-0.05, 0) is 36.8 Å². The Labute approximate surface area is 140 Å². The minimum atomic E-state index is -4.47. The van der Waals surface area contributed by atoms with Gasteiger partial charge in [0.1, 0.15) is 11.2 Å².